The maximum Gasteiger partial charge on any atom is 0.257 e. The van der Waals surface area contributed by atoms with Crippen molar-refractivity contribution in [3.8, 4) is 5.75 Å². The van der Waals surface area contributed by atoms with E-state index in [0.29, 0.717) is 35.7 Å². The van der Waals surface area contributed by atoms with Crippen molar-refractivity contribution < 1.29 is 28.6 Å². The highest BCUT2D eigenvalue weighted by Crippen LogP contribution is 2.27. The molecule has 0 unspecified atom stereocenters. The van der Waals surface area contributed by atoms with Gasteiger partial charge in [0.05, 0.1) is 23.3 Å². The van der Waals surface area contributed by atoms with Crippen molar-refractivity contribution in [1.29, 1.82) is 0 Å². The minimum atomic E-state index is -0.329. The Hall–Kier alpha value is -3.50. The number of benzene rings is 1. The van der Waals surface area contributed by atoms with Gasteiger partial charge in [-0.2, -0.15) is 0 Å². The van der Waals surface area contributed by atoms with Crippen LogP contribution in [0.25, 0.3) is 0 Å². The highest BCUT2D eigenvalue weighted by Gasteiger charge is 2.31. The molecule has 1 aliphatic rings. The molecule has 0 spiro atoms. The number of ether oxygens (including phenoxy) is 3. The molecule has 3 atom stereocenters. The predicted octanol–water partition coefficient (Wildman–Crippen LogP) is 2.31. The summed E-state index contributed by atoms with van der Waals surface area (Å²) in [5.74, 6) is -0.475. The molecule has 10 nitrogen and oxygen atoms in total. The summed E-state index contributed by atoms with van der Waals surface area (Å²) in [4.78, 5) is 46.1. The molecule has 0 aliphatic carbocycles. The maximum atomic E-state index is 13.4. The first-order chi connectivity index (χ1) is 17.2. The van der Waals surface area contributed by atoms with E-state index in [2.05, 4.69) is 10.3 Å². The first-order valence-electron chi connectivity index (χ1n) is 11.8. The van der Waals surface area contributed by atoms with E-state index in [0.717, 1.165) is 0 Å². The fourth-order valence-corrected chi connectivity index (χ4v) is 4.12. The third-order valence-electron chi connectivity index (χ3n) is 6.18. The lowest BCUT2D eigenvalue weighted by molar-refractivity contribution is -0.119. The SMILES string of the molecule is COCC(=O)Nc1ccc2c(c1)OC[C@@H](C)N(C(=O)c1cccnc1)C[C@H](C)[C@H](OC)CN(C)C2=O. The van der Waals surface area contributed by atoms with Gasteiger partial charge in [0.2, 0.25) is 5.91 Å². The van der Waals surface area contributed by atoms with E-state index in [-0.39, 0.29) is 49.0 Å². The lowest BCUT2D eigenvalue weighted by Crippen LogP contribution is -2.48. The molecule has 1 aromatic carbocycles. The van der Waals surface area contributed by atoms with Gasteiger partial charge < -0.3 is 29.3 Å². The number of methoxy groups -OCH3 is 2. The average Bonchev–Trinajstić information content (AvgIpc) is 2.88. The average molecular weight is 499 g/mol. The molecular weight excluding hydrogens is 464 g/mol. The molecule has 1 aromatic heterocycles. The Bertz CT molecular complexity index is 1060. The number of amides is 3. The molecule has 2 aromatic rings. The molecule has 3 amide bonds. The second-order valence-corrected chi connectivity index (χ2v) is 8.99. The normalized spacial score (nSPS) is 21.0. The van der Waals surface area contributed by atoms with Crippen LogP contribution in [-0.4, -0.2) is 92.2 Å². The minimum absolute atomic E-state index is 0.0643. The topological polar surface area (TPSA) is 110 Å². The summed E-state index contributed by atoms with van der Waals surface area (Å²) in [5, 5.41) is 2.73. The van der Waals surface area contributed by atoms with Gasteiger partial charge in [-0.3, -0.25) is 19.4 Å². The first kappa shape index (κ1) is 27.1. The summed E-state index contributed by atoms with van der Waals surface area (Å²) in [5.41, 5.74) is 1.30. The van der Waals surface area contributed by atoms with E-state index in [1.807, 2.05) is 13.8 Å². The Morgan fingerprint density at radius 2 is 1.97 bits per heavy atom. The van der Waals surface area contributed by atoms with Gasteiger partial charge in [0.15, 0.2) is 0 Å². The highest BCUT2D eigenvalue weighted by molar-refractivity contribution is 5.98. The number of pyridine rings is 1. The smallest absolute Gasteiger partial charge is 0.257 e. The maximum absolute atomic E-state index is 13.4. The van der Waals surface area contributed by atoms with Crippen molar-refractivity contribution >= 4 is 23.4 Å². The van der Waals surface area contributed by atoms with Crippen LogP contribution < -0.4 is 10.1 Å². The lowest BCUT2D eigenvalue weighted by Gasteiger charge is -2.36. The van der Waals surface area contributed by atoms with Gasteiger partial charge in [0, 0.05) is 64.4 Å². The van der Waals surface area contributed by atoms with E-state index in [1.165, 1.54) is 7.11 Å². The number of nitrogens with zero attached hydrogens (tertiary/aromatic N) is 3. The molecule has 2 heterocycles. The largest absolute Gasteiger partial charge is 0.491 e. The van der Waals surface area contributed by atoms with Crippen LogP contribution in [-0.2, 0) is 14.3 Å². The third-order valence-corrected chi connectivity index (χ3v) is 6.18. The molecule has 194 valence electrons. The van der Waals surface area contributed by atoms with Crippen molar-refractivity contribution in [2.45, 2.75) is 26.0 Å². The number of anilines is 1. The number of nitrogens with one attached hydrogen (secondary N) is 1. The first-order valence-corrected chi connectivity index (χ1v) is 11.8. The Kier molecular flexibility index (Phi) is 9.38. The monoisotopic (exact) mass is 498 g/mol. The molecular formula is C26H34N4O6. The number of carbonyl (C=O) groups excluding carboxylic acids is 3. The van der Waals surface area contributed by atoms with Crippen molar-refractivity contribution in [3.05, 3.63) is 53.9 Å². The van der Waals surface area contributed by atoms with Gasteiger partial charge in [-0.1, -0.05) is 6.92 Å². The fraction of sp³-hybridized carbons (Fsp3) is 0.462. The number of hydrogen-bond acceptors (Lipinski definition) is 7. The summed E-state index contributed by atoms with van der Waals surface area (Å²) < 4.78 is 16.7. The van der Waals surface area contributed by atoms with Gasteiger partial charge in [-0.15, -0.1) is 0 Å². The van der Waals surface area contributed by atoms with Crippen LogP contribution in [0.5, 0.6) is 5.75 Å². The van der Waals surface area contributed by atoms with Crippen molar-refractivity contribution in [2.75, 3.05) is 52.9 Å². The van der Waals surface area contributed by atoms with Crippen LogP contribution in [0, 0.1) is 5.92 Å². The lowest BCUT2D eigenvalue weighted by atomic mass is 10.0. The van der Waals surface area contributed by atoms with E-state index < -0.39 is 0 Å². The number of hydrogen-bond donors (Lipinski definition) is 1. The van der Waals surface area contributed by atoms with Crippen molar-refractivity contribution in [2.24, 2.45) is 5.92 Å². The zero-order chi connectivity index (χ0) is 26.2. The minimum Gasteiger partial charge on any atom is -0.491 e. The summed E-state index contributed by atoms with van der Waals surface area (Å²) in [6.07, 6.45) is 2.86. The van der Waals surface area contributed by atoms with E-state index >= 15 is 0 Å². The van der Waals surface area contributed by atoms with Crippen LogP contribution in [0.15, 0.2) is 42.7 Å². The molecule has 1 aliphatic heterocycles. The second-order valence-electron chi connectivity index (χ2n) is 8.99. The zero-order valence-corrected chi connectivity index (χ0v) is 21.4. The van der Waals surface area contributed by atoms with Crippen LogP contribution in [0.1, 0.15) is 34.6 Å². The van der Waals surface area contributed by atoms with E-state index in [1.54, 1.807) is 66.7 Å². The van der Waals surface area contributed by atoms with Crippen molar-refractivity contribution in [3.63, 3.8) is 0 Å². The molecule has 0 fully saturated rings. The molecule has 0 radical (unpaired) electrons. The van der Waals surface area contributed by atoms with E-state index in [4.69, 9.17) is 14.2 Å². The van der Waals surface area contributed by atoms with Crippen LogP contribution in [0.4, 0.5) is 5.69 Å². The quantitative estimate of drug-likeness (QED) is 0.674. The molecule has 36 heavy (non-hydrogen) atoms. The number of carbonyl (C=O) groups is 3. The molecule has 1 N–H and O–H groups in total. The standard InChI is InChI=1S/C26H34N4O6/c1-17-13-30(25(32)19-7-6-10-27-12-19)18(2)15-36-22-11-20(28-24(31)16-34-4)8-9-21(22)26(33)29(3)14-23(17)35-5/h6-12,17-18,23H,13-16H2,1-5H3,(H,28,31)/t17-,18+,23+/m0/s1. The Morgan fingerprint density at radius 3 is 2.64 bits per heavy atom. The van der Waals surface area contributed by atoms with Gasteiger partial charge >= 0.3 is 0 Å². The predicted molar refractivity (Wildman–Crippen MR) is 134 cm³/mol. The zero-order valence-electron chi connectivity index (χ0n) is 21.4. The molecule has 0 saturated carbocycles. The summed E-state index contributed by atoms with van der Waals surface area (Å²) >= 11 is 0. The molecule has 0 saturated heterocycles. The number of likely N-dealkylation sites (N-methyl/N-ethyl adjacent to an activating group) is 1. The third kappa shape index (κ3) is 6.58. The highest BCUT2D eigenvalue weighted by atomic mass is 16.5. The molecule has 0 bridgehead atoms. The Morgan fingerprint density at radius 1 is 1.19 bits per heavy atom. The fourth-order valence-electron chi connectivity index (χ4n) is 4.12. The summed E-state index contributed by atoms with van der Waals surface area (Å²) in [6.45, 7) is 4.66. The second kappa shape index (κ2) is 12.5. The van der Waals surface area contributed by atoms with Gasteiger partial charge in [-0.25, -0.2) is 0 Å². The van der Waals surface area contributed by atoms with Gasteiger partial charge in [0.1, 0.15) is 19.0 Å². The Balaban J connectivity index is 1.97. The molecule has 10 heteroatoms. The summed E-state index contributed by atoms with van der Waals surface area (Å²) in [6, 6.07) is 8.00. The van der Waals surface area contributed by atoms with Crippen LogP contribution >= 0.6 is 0 Å². The molecule has 3 rings (SSSR count). The Labute approximate surface area is 211 Å². The van der Waals surface area contributed by atoms with Gasteiger partial charge in [-0.05, 0) is 31.2 Å². The number of fused-ring (bicyclic) bond motifs is 1. The van der Waals surface area contributed by atoms with Gasteiger partial charge in [0.25, 0.3) is 11.8 Å². The van der Waals surface area contributed by atoms with Crippen LogP contribution in [0.2, 0.25) is 0 Å². The summed E-state index contributed by atoms with van der Waals surface area (Å²) in [7, 11) is 4.74. The van der Waals surface area contributed by atoms with E-state index in [9.17, 15) is 14.4 Å². The number of aromatic nitrogens is 1. The number of rotatable bonds is 5. The van der Waals surface area contributed by atoms with Crippen LogP contribution in [0.3, 0.4) is 0 Å². The van der Waals surface area contributed by atoms with Crippen molar-refractivity contribution in [1.82, 2.24) is 14.8 Å².